The van der Waals surface area contributed by atoms with Gasteiger partial charge in [0.2, 0.25) is 5.91 Å². The number of benzene rings is 2. The summed E-state index contributed by atoms with van der Waals surface area (Å²) < 4.78 is 0. The van der Waals surface area contributed by atoms with Crippen LogP contribution in [0.3, 0.4) is 0 Å². The van der Waals surface area contributed by atoms with Gasteiger partial charge in [0.05, 0.1) is 22.4 Å². The standard InChI is InChI=1S/C21H18N2O2S/c1-14-7-9-15(10-8-14)17-11-20(25)23-21(18(17)12-22)26-13-19(24)16-5-3-2-4-6-16/h2-10,17H,11,13H2,1H3,(H,23,25)/t17-/m1/s1. The van der Waals surface area contributed by atoms with Gasteiger partial charge in [0, 0.05) is 17.9 Å². The monoisotopic (exact) mass is 362 g/mol. The maximum atomic E-state index is 12.3. The Morgan fingerprint density at radius 2 is 1.88 bits per heavy atom. The van der Waals surface area contributed by atoms with Crippen LogP contribution in [0.5, 0.6) is 0 Å². The normalized spacial score (nSPS) is 16.8. The molecule has 4 nitrogen and oxygen atoms in total. The van der Waals surface area contributed by atoms with E-state index in [9.17, 15) is 14.9 Å². The minimum Gasteiger partial charge on any atom is -0.320 e. The second-order valence-corrected chi connectivity index (χ2v) is 7.13. The fourth-order valence-electron chi connectivity index (χ4n) is 2.86. The molecule has 0 spiro atoms. The third-order valence-electron chi connectivity index (χ3n) is 4.28. The lowest BCUT2D eigenvalue weighted by Crippen LogP contribution is -2.31. The number of rotatable bonds is 5. The van der Waals surface area contributed by atoms with Crippen molar-refractivity contribution in [2.24, 2.45) is 0 Å². The molecule has 0 aromatic heterocycles. The van der Waals surface area contributed by atoms with Crippen LogP contribution < -0.4 is 5.32 Å². The van der Waals surface area contributed by atoms with Crippen molar-refractivity contribution in [3.63, 3.8) is 0 Å². The number of ketones is 1. The van der Waals surface area contributed by atoms with E-state index in [1.54, 1.807) is 12.1 Å². The molecule has 0 saturated heterocycles. The summed E-state index contributed by atoms with van der Waals surface area (Å²) in [4.78, 5) is 24.5. The van der Waals surface area contributed by atoms with Crippen LogP contribution in [0.1, 0.15) is 33.8 Å². The molecule has 0 aliphatic carbocycles. The molecule has 3 rings (SSSR count). The van der Waals surface area contributed by atoms with E-state index in [-0.39, 0.29) is 29.8 Å². The highest BCUT2D eigenvalue weighted by atomic mass is 32.2. The fraction of sp³-hybridized carbons (Fsp3) is 0.190. The molecule has 0 saturated carbocycles. The highest BCUT2D eigenvalue weighted by Gasteiger charge is 2.29. The number of allylic oxidation sites excluding steroid dienone is 1. The number of Topliss-reactive ketones (excluding diaryl/α,β-unsaturated/α-hetero) is 1. The van der Waals surface area contributed by atoms with Gasteiger partial charge in [0.15, 0.2) is 5.78 Å². The maximum Gasteiger partial charge on any atom is 0.225 e. The first kappa shape index (κ1) is 18.0. The summed E-state index contributed by atoms with van der Waals surface area (Å²) in [5.74, 6) is -0.272. The summed E-state index contributed by atoms with van der Waals surface area (Å²) in [6.07, 6.45) is 0.239. The van der Waals surface area contributed by atoms with Crippen molar-refractivity contribution in [3.05, 3.63) is 81.9 Å². The van der Waals surface area contributed by atoms with Gasteiger partial charge in [0.25, 0.3) is 0 Å². The Hall–Kier alpha value is -2.84. The molecule has 0 unspecified atom stereocenters. The van der Waals surface area contributed by atoms with Crippen molar-refractivity contribution >= 4 is 23.5 Å². The largest absolute Gasteiger partial charge is 0.320 e. The lowest BCUT2D eigenvalue weighted by Gasteiger charge is -2.25. The molecule has 0 fully saturated rings. The molecule has 0 bridgehead atoms. The summed E-state index contributed by atoms with van der Waals surface area (Å²) in [6.45, 7) is 1.99. The third-order valence-corrected chi connectivity index (χ3v) is 5.30. The van der Waals surface area contributed by atoms with Gasteiger partial charge in [-0.15, -0.1) is 0 Å². The van der Waals surface area contributed by atoms with Gasteiger partial charge < -0.3 is 5.32 Å². The highest BCUT2D eigenvalue weighted by molar-refractivity contribution is 8.03. The van der Waals surface area contributed by atoms with E-state index >= 15 is 0 Å². The molecule has 1 amide bonds. The molecule has 2 aromatic carbocycles. The number of carbonyl (C=O) groups is 2. The lowest BCUT2D eigenvalue weighted by molar-refractivity contribution is -0.120. The summed E-state index contributed by atoms with van der Waals surface area (Å²) in [6, 6.07) is 19.1. The second kappa shape index (κ2) is 8.03. The quantitative estimate of drug-likeness (QED) is 0.818. The zero-order chi connectivity index (χ0) is 18.5. The number of amides is 1. The smallest absolute Gasteiger partial charge is 0.225 e. The lowest BCUT2D eigenvalue weighted by atomic mass is 9.87. The minimum absolute atomic E-state index is 0.0351. The molecule has 1 heterocycles. The topological polar surface area (TPSA) is 70.0 Å². The third kappa shape index (κ3) is 4.04. The SMILES string of the molecule is Cc1ccc([C@H]2CC(=O)NC(SCC(=O)c3ccccc3)=C2C#N)cc1. The van der Waals surface area contributed by atoms with E-state index < -0.39 is 0 Å². The van der Waals surface area contributed by atoms with Crippen LogP contribution in [0.4, 0.5) is 0 Å². The Labute approximate surface area is 156 Å². The highest BCUT2D eigenvalue weighted by Crippen LogP contribution is 2.36. The first-order chi connectivity index (χ1) is 12.6. The van der Waals surface area contributed by atoms with E-state index in [0.29, 0.717) is 16.2 Å². The second-order valence-electron chi connectivity index (χ2n) is 6.15. The van der Waals surface area contributed by atoms with Crippen molar-refractivity contribution in [1.29, 1.82) is 5.26 Å². The molecule has 1 atom stereocenters. The molecule has 5 heteroatoms. The zero-order valence-electron chi connectivity index (χ0n) is 14.4. The zero-order valence-corrected chi connectivity index (χ0v) is 15.2. The van der Waals surface area contributed by atoms with Crippen LogP contribution in [0, 0.1) is 18.3 Å². The van der Waals surface area contributed by atoms with Gasteiger partial charge >= 0.3 is 0 Å². The Kier molecular flexibility index (Phi) is 5.55. The Bertz CT molecular complexity index is 896. The molecule has 0 radical (unpaired) electrons. The van der Waals surface area contributed by atoms with Gasteiger partial charge in [-0.1, -0.05) is 71.9 Å². The summed E-state index contributed by atoms with van der Waals surface area (Å²) in [5.41, 5.74) is 3.20. The molecule has 1 aliphatic heterocycles. The molecule has 2 aromatic rings. The van der Waals surface area contributed by atoms with Gasteiger partial charge in [-0.25, -0.2) is 0 Å². The number of hydrogen-bond acceptors (Lipinski definition) is 4. The van der Waals surface area contributed by atoms with Crippen molar-refractivity contribution in [1.82, 2.24) is 5.32 Å². The predicted molar refractivity (Wildman–Crippen MR) is 103 cm³/mol. The molecule has 1 N–H and O–H groups in total. The van der Waals surface area contributed by atoms with E-state index in [0.717, 1.165) is 11.1 Å². The van der Waals surface area contributed by atoms with E-state index in [2.05, 4.69) is 11.4 Å². The van der Waals surface area contributed by atoms with Crippen molar-refractivity contribution in [2.75, 3.05) is 5.75 Å². The number of nitrogens with one attached hydrogen (secondary N) is 1. The maximum absolute atomic E-state index is 12.3. The van der Waals surface area contributed by atoms with Crippen LogP contribution in [0.2, 0.25) is 0 Å². The number of aryl methyl sites for hydroxylation is 1. The first-order valence-electron chi connectivity index (χ1n) is 8.30. The van der Waals surface area contributed by atoms with Crippen molar-refractivity contribution in [2.45, 2.75) is 19.3 Å². The average Bonchev–Trinajstić information content (AvgIpc) is 2.67. The summed E-state index contributed by atoms with van der Waals surface area (Å²) in [7, 11) is 0. The predicted octanol–water partition coefficient (Wildman–Crippen LogP) is 3.95. The number of thioether (sulfide) groups is 1. The van der Waals surface area contributed by atoms with Gasteiger partial charge in [-0.05, 0) is 12.5 Å². The Morgan fingerprint density at radius 1 is 1.19 bits per heavy atom. The molecule has 130 valence electrons. The first-order valence-corrected chi connectivity index (χ1v) is 9.29. The minimum atomic E-state index is -0.274. The van der Waals surface area contributed by atoms with Crippen LogP contribution in [-0.2, 0) is 4.79 Å². The molecule has 26 heavy (non-hydrogen) atoms. The van der Waals surface area contributed by atoms with Crippen LogP contribution >= 0.6 is 11.8 Å². The number of nitrogens with zero attached hydrogens (tertiary/aromatic N) is 1. The molecule has 1 aliphatic rings. The summed E-state index contributed by atoms with van der Waals surface area (Å²) in [5, 5.41) is 12.9. The number of carbonyl (C=O) groups excluding carboxylic acids is 2. The molecular weight excluding hydrogens is 344 g/mol. The van der Waals surface area contributed by atoms with Gasteiger partial charge in [0.1, 0.15) is 0 Å². The van der Waals surface area contributed by atoms with E-state index in [1.165, 1.54) is 11.8 Å². The van der Waals surface area contributed by atoms with Crippen LogP contribution in [0.15, 0.2) is 65.2 Å². The number of nitriles is 1. The van der Waals surface area contributed by atoms with Crippen molar-refractivity contribution in [3.8, 4) is 6.07 Å². The molecular formula is C21H18N2O2S. The van der Waals surface area contributed by atoms with E-state index in [4.69, 9.17) is 0 Å². The average molecular weight is 362 g/mol. The van der Waals surface area contributed by atoms with Crippen LogP contribution in [-0.4, -0.2) is 17.4 Å². The van der Waals surface area contributed by atoms with Gasteiger partial charge in [-0.2, -0.15) is 5.26 Å². The van der Waals surface area contributed by atoms with E-state index in [1.807, 2.05) is 49.4 Å². The Morgan fingerprint density at radius 3 is 2.54 bits per heavy atom. The summed E-state index contributed by atoms with van der Waals surface area (Å²) >= 11 is 1.21. The van der Waals surface area contributed by atoms with Gasteiger partial charge in [-0.3, -0.25) is 9.59 Å². The fourth-order valence-corrected chi connectivity index (χ4v) is 3.83. The number of hydrogen-bond donors (Lipinski definition) is 1. The van der Waals surface area contributed by atoms with Crippen LogP contribution in [0.25, 0.3) is 0 Å². The Balaban J connectivity index is 1.83. The van der Waals surface area contributed by atoms with Crippen molar-refractivity contribution < 1.29 is 9.59 Å².